The maximum Gasteiger partial charge on any atom is 0.339 e. The van der Waals surface area contributed by atoms with Gasteiger partial charge in [0, 0.05) is 11.0 Å². The molecule has 2 aliphatic rings. The Labute approximate surface area is 114 Å². The lowest BCUT2D eigenvalue weighted by Crippen LogP contribution is -2.20. The van der Waals surface area contributed by atoms with E-state index in [-0.39, 0.29) is 11.4 Å². The summed E-state index contributed by atoms with van der Waals surface area (Å²) in [5, 5.41) is 0. The number of esters is 1. The zero-order valence-electron chi connectivity index (χ0n) is 11.6. The molecule has 1 aromatic rings. The van der Waals surface area contributed by atoms with E-state index < -0.39 is 0 Å². The molecule has 0 aliphatic heterocycles. The normalized spacial score (nSPS) is 30.5. The molecule has 0 amide bonds. The third-order valence-electron chi connectivity index (χ3n) is 4.63. The van der Waals surface area contributed by atoms with Crippen molar-refractivity contribution in [2.24, 2.45) is 16.7 Å². The van der Waals surface area contributed by atoms with Crippen molar-refractivity contribution in [2.45, 2.75) is 33.1 Å². The number of benzene rings is 1. The highest BCUT2D eigenvalue weighted by Crippen LogP contribution is 2.72. The minimum Gasteiger partial charge on any atom is -0.423 e. The molecule has 1 aromatic carbocycles. The van der Waals surface area contributed by atoms with Crippen molar-refractivity contribution in [2.75, 3.05) is 0 Å². The summed E-state index contributed by atoms with van der Waals surface area (Å²) < 4.78 is 5.41. The quantitative estimate of drug-likeness (QED) is 0.464. The third-order valence-corrected chi connectivity index (χ3v) is 4.63. The zero-order chi connectivity index (χ0) is 13.7. The van der Waals surface area contributed by atoms with Gasteiger partial charge in [-0.1, -0.05) is 38.6 Å². The summed E-state index contributed by atoms with van der Waals surface area (Å²) in [5.41, 5.74) is 1.04. The first-order valence-electron chi connectivity index (χ1n) is 6.90. The number of carbonyl (C=O) groups excluding carboxylic acids is 1. The fourth-order valence-electron chi connectivity index (χ4n) is 3.79. The van der Waals surface area contributed by atoms with Crippen molar-refractivity contribution in [1.29, 1.82) is 0 Å². The monoisotopic (exact) mass is 256 g/mol. The van der Waals surface area contributed by atoms with E-state index in [2.05, 4.69) is 20.4 Å². The van der Waals surface area contributed by atoms with Crippen molar-refractivity contribution < 1.29 is 9.53 Å². The number of hydrogen-bond donors (Lipinski definition) is 0. The van der Waals surface area contributed by atoms with Crippen molar-refractivity contribution in [3.63, 3.8) is 0 Å². The summed E-state index contributed by atoms with van der Waals surface area (Å²) in [4.78, 5) is 12.2. The molecule has 0 spiro atoms. The molecule has 2 fully saturated rings. The molecule has 100 valence electrons. The first kappa shape index (κ1) is 12.5. The molecular weight excluding hydrogens is 236 g/mol. The van der Waals surface area contributed by atoms with Crippen LogP contribution in [0.3, 0.4) is 0 Å². The van der Waals surface area contributed by atoms with E-state index in [1.165, 1.54) is 6.42 Å². The second-order valence-electron chi connectivity index (χ2n) is 6.78. The van der Waals surface area contributed by atoms with Crippen molar-refractivity contribution in [3.05, 3.63) is 42.5 Å². The lowest BCUT2D eigenvalue weighted by molar-refractivity contribution is -0.131. The van der Waals surface area contributed by atoms with E-state index in [9.17, 15) is 4.79 Å². The largest absolute Gasteiger partial charge is 0.423 e. The van der Waals surface area contributed by atoms with Crippen molar-refractivity contribution in [3.8, 4) is 5.75 Å². The maximum absolute atomic E-state index is 12.2. The summed E-state index contributed by atoms with van der Waals surface area (Å²) in [6, 6.07) is 9.23. The van der Waals surface area contributed by atoms with Crippen LogP contribution in [0.5, 0.6) is 5.75 Å². The molecule has 0 heterocycles. The van der Waals surface area contributed by atoms with Gasteiger partial charge in [-0.15, -0.1) is 0 Å². The first-order valence-corrected chi connectivity index (χ1v) is 6.90. The number of para-hydroxylation sites is 1. The highest BCUT2D eigenvalue weighted by atomic mass is 16.5. The van der Waals surface area contributed by atoms with Crippen LogP contribution in [-0.4, -0.2) is 5.97 Å². The van der Waals surface area contributed by atoms with Gasteiger partial charge in [0.1, 0.15) is 5.75 Å². The smallest absolute Gasteiger partial charge is 0.339 e. The Kier molecular flexibility index (Phi) is 2.60. The van der Waals surface area contributed by atoms with Gasteiger partial charge in [-0.3, -0.25) is 0 Å². The van der Waals surface area contributed by atoms with Crippen LogP contribution < -0.4 is 4.74 Å². The molecule has 2 unspecified atom stereocenters. The van der Waals surface area contributed by atoms with Gasteiger partial charge in [-0.25, -0.2) is 4.79 Å². The van der Waals surface area contributed by atoms with Gasteiger partial charge >= 0.3 is 5.97 Å². The van der Waals surface area contributed by atoms with Crippen molar-refractivity contribution >= 4 is 5.97 Å². The molecule has 0 radical (unpaired) electrons. The predicted molar refractivity (Wildman–Crippen MR) is 74.8 cm³/mol. The molecule has 0 N–H and O–H groups in total. The molecule has 3 rings (SSSR count). The Morgan fingerprint density at radius 1 is 1.26 bits per heavy atom. The summed E-state index contributed by atoms with van der Waals surface area (Å²) in [6.45, 7) is 8.59. The summed E-state index contributed by atoms with van der Waals surface area (Å²) in [5.74, 6) is 0.976. The molecule has 0 saturated heterocycles. The van der Waals surface area contributed by atoms with Gasteiger partial charge in [-0.05, 0) is 42.7 Å². The minimum absolute atomic E-state index is 0.0371. The third kappa shape index (κ3) is 2.09. The van der Waals surface area contributed by atoms with E-state index in [4.69, 9.17) is 4.74 Å². The molecule has 0 aromatic heterocycles. The topological polar surface area (TPSA) is 26.3 Å². The van der Waals surface area contributed by atoms with Crippen LogP contribution in [0.1, 0.15) is 33.1 Å². The van der Waals surface area contributed by atoms with Gasteiger partial charge in [0.2, 0.25) is 0 Å². The van der Waals surface area contributed by atoms with Crippen molar-refractivity contribution in [1.82, 2.24) is 0 Å². The molecule has 0 bridgehead atoms. The predicted octanol–water partition coefficient (Wildman–Crippen LogP) is 3.97. The molecule has 2 atom stereocenters. The van der Waals surface area contributed by atoms with E-state index in [0.717, 1.165) is 12.8 Å². The van der Waals surface area contributed by atoms with E-state index in [1.54, 1.807) is 12.1 Å². The Morgan fingerprint density at radius 2 is 1.95 bits per heavy atom. The van der Waals surface area contributed by atoms with Crippen LogP contribution in [0.4, 0.5) is 0 Å². The van der Waals surface area contributed by atoms with E-state index in [1.807, 2.05) is 18.2 Å². The molecular formula is C17H20O2. The maximum atomic E-state index is 12.2. The van der Waals surface area contributed by atoms with Gasteiger partial charge < -0.3 is 4.74 Å². The van der Waals surface area contributed by atoms with Gasteiger partial charge in [0.25, 0.3) is 0 Å². The molecule has 2 aliphatic carbocycles. The zero-order valence-corrected chi connectivity index (χ0v) is 11.6. The number of carbonyl (C=O) groups is 1. The fraction of sp³-hybridized carbons (Fsp3) is 0.471. The molecule has 2 nitrogen and oxygen atoms in total. The second kappa shape index (κ2) is 3.96. The Hall–Kier alpha value is -1.57. The summed E-state index contributed by atoms with van der Waals surface area (Å²) >= 11 is 0. The summed E-state index contributed by atoms with van der Waals surface area (Å²) in [6.07, 6.45) is 3.37. The van der Waals surface area contributed by atoms with E-state index >= 15 is 0 Å². The number of hydrogen-bond acceptors (Lipinski definition) is 2. The first-order chi connectivity index (χ1) is 8.93. The van der Waals surface area contributed by atoms with Crippen LogP contribution in [0, 0.1) is 16.7 Å². The molecule has 2 saturated carbocycles. The molecule has 2 heteroatoms. The van der Waals surface area contributed by atoms with Gasteiger partial charge in [0.15, 0.2) is 0 Å². The Morgan fingerprint density at radius 3 is 2.53 bits per heavy atom. The fourth-order valence-corrected chi connectivity index (χ4v) is 3.79. The lowest BCUT2D eigenvalue weighted by atomic mass is 9.82. The standard InChI is InChI=1S/C17H20O2/c1-12(15(18)19-14-7-5-4-6-8-14)17-10-13(17)9-16(2,3)11-17/h4-8,13H,1,9-11H2,2-3H3. The minimum atomic E-state index is -0.258. The SMILES string of the molecule is C=C(C(=O)Oc1ccccc1)C12CC1CC(C)(C)C2. The van der Waals surface area contributed by atoms with Crippen LogP contribution in [0.2, 0.25) is 0 Å². The molecule has 19 heavy (non-hydrogen) atoms. The second-order valence-corrected chi connectivity index (χ2v) is 6.78. The van der Waals surface area contributed by atoms with E-state index in [0.29, 0.717) is 22.7 Å². The van der Waals surface area contributed by atoms with Gasteiger partial charge in [0.05, 0.1) is 0 Å². The average Bonchev–Trinajstić information content (AvgIpc) is 2.93. The van der Waals surface area contributed by atoms with Crippen LogP contribution in [0.15, 0.2) is 42.5 Å². The van der Waals surface area contributed by atoms with Crippen LogP contribution in [-0.2, 0) is 4.79 Å². The lowest BCUT2D eigenvalue weighted by Gasteiger charge is -2.23. The van der Waals surface area contributed by atoms with Gasteiger partial charge in [-0.2, -0.15) is 0 Å². The Balaban J connectivity index is 1.71. The number of fused-ring (bicyclic) bond motifs is 1. The van der Waals surface area contributed by atoms with Crippen LogP contribution >= 0.6 is 0 Å². The summed E-state index contributed by atoms with van der Waals surface area (Å²) in [7, 11) is 0. The average molecular weight is 256 g/mol. The number of rotatable bonds is 3. The Bertz CT molecular complexity index is 529. The highest BCUT2D eigenvalue weighted by Gasteiger charge is 2.65. The highest BCUT2D eigenvalue weighted by molar-refractivity contribution is 5.92. The number of ether oxygens (including phenoxy) is 1. The van der Waals surface area contributed by atoms with Crippen LogP contribution in [0.25, 0.3) is 0 Å².